The zero-order valence-corrected chi connectivity index (χ0v) is 39.3. The maximum atomic E-state index is 13.5. The summed E-state index contributed by atoms with van der Waals surface area (Å²) in [6, 6.07) is 40.7. The van der Waals surface area contributed by atoms with Gasteiger partial charge >= 0.3 is 11.4 Å². The van der Waals surface area contributed by atoms with Crippen molar-refractivity contribution in [3.63, 3.8) is 0 Å². The third-order valence-electron chi connectivity index (χ3n) is 10.5. The molecule has 15 heteroatoms. The standard InChI is InChI=1S/C25H23ClN2O4.C19H20N2O4.C6H4ClI/c1-27-21-11-12-22(32-19-10-5-9-18(26)16-19)20(15-17-7-3-2-4-8-17)23(21)24(30)28(25(27)31)13-6-14-29;1-20-15-8-9-16(23)14(12-13-6-3-2-4-7-13)17(15)18(24)21(19(20)25)10-5-11-22;7-5-2-1-3-6(8)4-5/h2-5,7-12,16,29H,6,13-15H2,1H3;2-4,6-9,22-23H,5,10-12H2,1H3;1-4H. The van der Waals surface area contributed by atoms with Crippen LogP contribution in [0.5, 0.6) is 17.2 Å². The van der Waals surface area contributed by atoms with E-state index in [1.165, 1.54) is 23.3 Å². The van der Waals surface area contributed by atoms with E-state index in [0.717, 1.165) is 20.7 Å². The van der Waals surface area contributed by atoms with Crippen molar-refractivity contribution < 1.29 is 20.1 Å². The van der Waals surface area contributed by atoms with E-state index in [9.17, 15) is 29.4 Å². The van der Waals surface area contributed by atoms with Gasteiger partial charge in [0.25, 0.3) is 11.1 Å². The van der Waals surface area contributed by atoms with Crippen LogP contribution in [0.15, 0.2) is 153 Å². The second kappa shape index (κ2) is 22.8. The van der Waals surface area contributed by atoms with E-state index < -0.39 is 16.9 Å². The summed E-state index contributed by atoms with van der Waals surface area (Å²) in [4.78, 5) is 51.6. The van der Waals surface area contributed by atoms with Gasteiger partial charge in [-0.05, 0) is 107 Å². The van der Waals surface area contributed by atoms with Gasteiger partial charge in [-0.15, -0.1) is 0 Å². The summed E-state index contributed by atoms with van der Waals surface area (Å²) in [5.41, 5.74) is 2.50. The number of phenolic OH excluding ortho intramolecular Hbond substituents is 1. The van der Waals surface area contributed by atoms with Crippen molar-refractivity contribution >= 4 is 67.6 Å². The quantitative estimate of drug-likeness (QED) is 0.103. The lowest BCUT2D eigenvalue weighted by atomic mass is 9.99. The Morgan fingerprint density at radius 1 is 0.569 bits per heavy atom. The summed E-state index contributed by atoms with van der Waals surface area (Å²) in [7, 11) is 3.24. The summed E-state index contributed by atoms with van der Waals surface area (Å²) in [6.45, 7) is 0.0629. The van der Waals surface area contributed by atoms with Crippen molar-refractivity contribution in [2.75, 3.05) is 13.2 Å². The molecule has 12 nitrogen and oxygen atoms in total. The van der Waals surface area contributed by atoms with Gasteiger partial charge in [-0.1, -0.05) is 96.0 Å². The Labute approximate surface area is 397 Å². The Bertz CT molecular complexity index is 3150. The molecule has 336 valence electrons. The number of hydrogen-bond donors (Lipinski definition) is 3. The molecule has 0 aliphatic carbocycles. The van der Waals surface area contributed by atoms with Gasteiger partial charge in [0, 0.05) is 78.0 Å². The smallest absolute Gasteiger partial charge is 0.331 e. The molecule has 8 rings (SSSR count). The molecular weight excluding hydrogens is 982 g/mol. The molecule has 2 heterocycles. The number of aryl methyl sites for hydroxylation is 2. The Morgan fingerprint density at radius 2 is 1.05 bits per heavy atom. The summed E-state index contributed by atoms with van der Waals surface area (Å²) in [6.07, 6.45) is 1.46. The second-order valence-electron chi connectivity index (χ2n) is 15.0. The highest BCUT2D eigenvalue weighted by atomic mass is 127. The van der Waals surface area contributed by atoms with Gasteiger partial charge in [-0.2, -0.15) is 0 Å². The molecule has 0 bridgehead atoms. The minimum Gasteiger partial charge on any atom is -0.508 e. The molecular formula is C50H47Cl2IN4O8. The fraction of sp³-hybridized carbons (Fsp3) is 0.200. The van der Waals surface area contributed by atoms with Crippen LogP contribution in [-0.4, -0.2) is 46.8 Å². The molecule has 0 atom stereocenters. The number of rotatable bonds is 12. The fourth-order valence-electron chi connectivity index (χ4n) is 7.31. The number of benzene rings is 6. The maximum Gasteiger partial charge on any atom is 0.331 e. The van der Waals surface area contributed by atoms with Gasteiger partial charge < -0.3 is 20.1 Å². The van der Waals surface area contributed by atoms with Gasteiger partial charge in [0.15, 0.2) is 0 Å². The summed E-state index contributed by atoms with van der Waals surface area (Å²) in [5.74, 6) is 1.10. The molecule has 2 aromatic heterocycles. The van der Waals surface area contributed by atoms with E-state index in [1.807, 2.05) is 84.9 Å². The van der Waals surface area contributed by atoms with Crippen molar-refractivity contribution in [3.8, 4) is 17.2 Å². The summed E-state index contributed by atoms with van der Waals surface area (Å²) < 4.78 is 12.5. The van der Waals surface area contributed by atoms with Gasteiger partial charge in [0.1, 0.15) is 17.2 Å². The molecule has 0 amide bonds. The van der Waals surface area contributed by atoms with Crippen LogP contribution in [0.1, 0.15) is 35.1 Å². The highest BCUT2D eigenvalue weighted by molar-refractivity contribution is 14.1. The van der Waals surface area contributed by atoms with Crippen molar-refractivity contribution in [1.29, 1.82) is 0 Å². The molecule has 65 heavy (non-hydrogen) atoms. The van der Waals surface area contributed by atoms with Gasteiger partial charge in [0.2, 0.25) is 0 Å². The Balaban J connectivity index is 0.000000188. The van der Waals surface area contributed by atoms with Gasteiger partial charge in [-0.3, -0.25) is 27.9 Å². The normalized spacial score (nSPS) is 10.9. The van der Waals surface area contributed by atoms with Crippen molar-refractivity contribution in [2.24, 2.45) is 14.1 Å². The third kappa shape index (κ3) is 11.8. The molecule has 3 N–H and O–H groups in total. The van der Waals surface area contributed by atoms with Crippen molar-refractivity contribution in [2.45, 2.75) is 38.8 Å². The third-order valence-corrected chi connectivity index (χ3v) is 11.7. The van der Waals surface area contributed by atoms with Crippen LogP contribution in [0.2, 0.25) is 10.0 Å². The maximum absolute atomic E-state index is 13.5. The Hall–Kier alpha value is -5.97. The summed E-state index contributed by atoms with van der Waals surface area (Å²) >= 11 is 14.0. The molecule has 0 fully saturated rings. The highest BCUT2D eigenvalue weighted by Gasteiger charge is 2.20. The number of fused-ring (bicyclic) bond motifs is 2. The van der Waals surface area contributed by atoms with Crippen LogP contribution in [0.3, 0.4) is 0 Å². The average Bonchev–Trinajstić information content (AvgIpc) is 3.30. The predicted octanol–water partition coefficient (Wildman–Crippen LogP) is 8.44. The number of halogens is 3. The van der Waals surface area contributed by atoms with Crippen LogP contribution >= 0.6 is 45.8 Å². The number of ether oxygens (including phenoxy) is 1. The van der Waals surface area contributed by atoms with E-state index in [1.54, 1.807) is 56.6 Å². The lowest BCUT2D eigenvalue weighted by Gasteiger charge is -2.17. The molecule has 0 saturated heterocycles. The molecule has 0 radical (unpaired) electrons. The summed E-state index contributed by atoms with van der Waals surface area (Å²) in [5, 5.41) is 30.7. The average molecular weight is 1030 g/mol. The lowest BCUT2D eigenvalue weighted by Crippen LogP contribution is -2.39. The van der Waals surface area contributed by atoms with Crippen molar-refractivity contribution in [1.82, 2.24) is 18.3 Å². The van der Waals surface area contributed by atoms with Gasteiger partial charge in [-0.25, -0.2) is 9.59 Å². The molecule has 0 aliphatic heterocycles. The van der Waals surface area contributed by atoms with Crippen LogP contribution in [0.4, 0.5) is 0 Å². The number of nitrogens with zero attached hydrogens (tertiary/aromatic N) is 4. The number of aliphatic hydroxyl groups is 2. The zero-order valence-electron chi connectivity index (χ0n) is 35.7. The number of aliphatic hydroxyl groups excluding tert-OH is 2. The van der Waals surface area contributed by atoms with E-state index in [-0.39, 0.29) is 37.6 Å². The molecule has 8 aromatic rings. The monoisotopic (exact) mass is 1030 g/mol. The van der Waals surface area contributed by atoms with E-state index >= 15 is 0 Å². The molecule has 0 spiro atoms. The van der Waals surface area contributed by atoms with E-state index in [4.69, 9.17) is 33.0 Å². The molecule has 0 saturated carbocycles. The fourth-order valence-corrected chi connectivity index (χ4v) is 8.41. The predicted molar refractivity (Wildman–Crippen MR) is 266 cm³/mol. The first kappa shape index (κ1) is 48.5. The zero-order chi connectivity index (χ0) is 46.6. The molecule has 0 unspecified atom stereocenters. The molecule has 6 aromatic carbocycles. The second-order valence-corrected chi connectivity index (χ2v) is 17.1. The number of hydrogen-bond acceptors (Lipinski definition) is 8. The number of aromatic hydroxyl groups is 1. The van der Waals surface area contributed by atoms with Crippen LogP contribution in [0, 0.1) is 3.57 Å². The largest absolute Gasteiger partial charge is 0.508 e. The van der Waals surface area contributed by atoms with Crippen LogP contribution in [0.25, 0.3) is 21.8 Å². The first-order valence-electron chi connectivity index (χ1n) is 20.7. The van der Waals surface area contributed by atoms with Crippen molar-refractivity contribution in [3.05, 3.63) is 211 Å². The Morgan fingerprint density at radius 3 is 1.52 bits per heavy atom. The first-order valence-corrected chi connectivity index (χ1v) is 22.5. The van der Waals surface area contributed by atoms with Crippen LogP contribution in [-0.2, 0) is 40.0 Å². The molecule has 0 aliphatic rings. The lowest BCUT2D eigenvalue weighted by molar-refractivity contribution is 0.277. The van der Waals surface area contributed by atoms with E-state index in [2.05, 4.69) is 22.6 Å². The number of aromatic nitrogens is 4. The van der Waals surface area contributed by atoms with Crippen LogP contribution < -0.4 is 27.2 Å². The SMILES string of the molecule is Clc1cccc(I)c1.Cn1c(=O)n(CCCO)c(=O)c2c(Cc3ccccc3)c(O)ccc21.Cn1c(=O)n(CCCO)c(=O)c2c(Cc3ccccc3)c(Oc3cccc(Cl)c3)ccc21. The topological polar surface area (TPSA) is 158 Å². The minimum absolute atomic E-state index is 0.0285. The Kier molecular flexibility index (Phi) is 17.0. The highest BCUT2D eigenvalue weighted by Crippen LogP contribution is 2.33. The van der Waals surface area contributed by atoms with E-state index in [0.29, 0.717) is 75.1 Å². The number of phenols is 1. The minimum atomic E-state index is -0.437. The first-order chi connectivity index (χ1) is 31.3. The van der Waals surface area contributed by atoms with Gasteiger partial charge in [0.05, 0.1) is 21.8 Å².